The lowest BCUT2D eigenvalue weighted by Crippen LogP contribution is -2.43. The third-order valence-corrected chi connectivity index (χ3v) is 4.99. The fourth-order valence-electron chi connectivity index (χ4n) is 3.38. The zero-order valence-corrected chi connectivity index (χ0v) is 16.0. The van der Waals surface area contributed by atoms with Crippen molar-refractivity contribution >= 4 is 22.9 Å². The fourth-order valence-corrected chi connectivity index (χ4v) is 3.38. The van der Waals surface area contributed by atoms with Gasteiger partial charge in [-0.3, -0.25) is 9.36 Å². The number of amides is 1. The number of hydrogen-bond acceptors (Lipinski definition) is 8. The van der Waals surface area contributed by atoms with Gasteiger partial charge < -0.3 is 26.0 Å². The van der Waals surface area contributed by atoms with Crippen LogP contribution in [-0.2, 0) is 9.53 Å². The largest absolute Gasteiger partial charge is 0.387 e. The molecule has 28 heavy (non-hydrogen) atoms. The number of aromatic nitrogens is 4. The lowest BCUT2D eigenvalue weighted by atomic mass is 10.1. The van der Waals surface area contributed by atoms with Gasteiger partial charge in [-0.1, -0.05) is 39.0 Å². The molecule has 10 heteroatoms. The summed E-state index contributed by atoms with van der Waals surface area (Å²) < 4.78 is 7.11. The minimum absolute atomic E-state index is 0.199. The Kier molecular flexibility index (Phi) is 6.76. The predicted molar refractivity (Wildman–Crippen MR) is 102 cm³/mol. The molecule has 154 valence electrons. The quantitative estimate of drug-likeness (QED) is 0.451. The molecule has 10 nitrogen and oxygen atoms in total. The first-order valence-electron chi connectivity index (χ1n) is 9.77. The summed E-state index contributed by atoms with van der Waals surface area (Å²) in [6, 6.07) is 0. The lowest BCUT2D eigenvalue weighted by molar-refractivity contribution is -0.137. The highest BCUT2D eigenvalue weighted by atomic mass is 16.6. The zero-order chi connectivity index (χ0) is 20.1. The molecule has 2 aromatic rings. The summed E-state index contributed by atoms with van der Waals surface area (Å²) in [4.78, 5) is 24.5. The smallest absolute Gasteiger partial charge is 0.252 e. The van der Waals surface area contributed by atoms with Gasteiger partial charge in [-0.05, 0) is 6.42 Å². The number of carbonyl (C=O) groups excluding carboxylic acids is 1. The van der Waals surface area contributed by atoms with Crippen molar-refractivity contribution < 1.29 is 19.7 Å². The summed E-state index contributed by atoms with van der Waals surface area (Å²) in [7, 11) is 0. The molecular weight excluding hydrogens is 364 g/mol. The molecule has 5 N–H and O–H groups in total. The highest BCUT2D eigenvalue weighted by Gasteiger charge is 2.47. The summed E-state index contributed by atoms with van der Waals surface area (Å²) in [5, 5.41) is 23.5. The van der Waals surface area contributed by atoms with E-state index in [1.54, 1.807) is 0 Å². The summed E-state index contributed by atoms with van der Waals surface area (Å²) in [5.41, 5.74) is 6.49. The molecule has 3 rings (SSSR count). The number of nitrogens with zero attached hydrogens (tertiary/aromatic N) is 4. The predicted octanol–water partition coefficient (Wildman–Crippen LogP) is 0.504. The van der Waals surface area contributed by atoms with Gasteiger partial charge in [-0.15, -0.1) is 0 Å². The number of anilines is 1. The number of aliphatic hydroxyl groups excluding tert-OH is 2. The zero-order valence-electron chi connectivity index (χ0n) is 16.0. The number of nitrogens with two attached hydrogens (primary N) is 1. The fraction of sp³-hybridized carbons (Fsp3) is 0.667. The maximum Gasteiger partial charge on any atom is 0.252 e. The van der Waals surface area contributed by atoms with E-state index in [1.165, 1.54) is 36.5 Å². The molecular formula is C18H28N6O4. The SMILES string of the molecule is CCCCCCCCNC(=O)[C@H]1O[C@@H](n2cnc3c(N)ncnc32)[C@@H](O)[C@H]1O. The lowest BCUT2D eigenvalue weighted by Gasteiger charge is -2.16. The average molecular weight is 392 g/mol. The molecule has 0 bridgehead atoms. The van der Waals surface area contributed by atoms with Gasteiger partial charge in [0.05, 0.1) is 6.33 Å². The molecule has 0 saturated carbocycles. The molecule has 0 unspecified atom stereocenters. The van der Waals surface area contributed by atoms with Crippen molar-refractivity contribution in [3.05, 3.63) is 12.7 Å². The van der Waals surface area contributed by atoms with Crippen LogP contribution in [-0.4, -0.2) is 60.5 Å². The molecule has 1 fully saturated rings. The van der Waals surface area contributed by atoms with Crippen LogP contribution in [0.15, 0.2) is 12.7 Å². The van der Waals surface area contributed by atoms with Gasteiger partial charge in [0.2, 0.25) is 0 Å². The first-order chi connectivity index (χ1) is 13.5. The normalized spacial score (nSPS) is 24.7. The number of aliphatic hydroxyl groups is 2. The Morgan fingerprint density at radius 3 is 2.71 bits per heavy atom. The van der Waals surface area contributed by atoms with E-state index in [0.29, 0.717) is 17.7 Å². The average Bonchev–Trinajstić information content (AvgIpc) is 3.24. The number of imidazole rings is 1. The number of unbranched alkanes of at least 4 members (excludes halogenated alkanes) is 5. The molecule has 0 aliphatic carbocycles. The van der Waals surface area contributed by atoms with E-state index in [1.807, 2.05) is 0 Å². The maximum absolute atomic E-state index is 12.4. The number of nitrogen functional groups attached to an aromatic ring is 1. The topological polar surface area (TPSA) is 148 Å². The van der Waals surface area contributed by atoms with E-state index in [0.717, 1.165) is 19.3 Å². The Bertz CT molecular complexity index is 797. The Morgan fingerprint density at radius 2 is 1.93 bits per heavy atom. The van der Waals surface area contributed by atoms with Crippen LogP contribution in [0.5, 0.6) is 0 Å². The molecule has 1 aliphatic heterocycles. The van der Waals surface area contributed by atoms with Crippen LogP contribution in [0.1, 0.15) is 51.7 Å². The van der Waals surface area contributed by atoms with Gasteiger partial charge in [0.1, 0.15) is 24.1 Å². The Labute approximate surface area is 163 Å². The van der Waals surface area contributed by atoms with Crippen LogP contribution in [0.3, 0.4) is 0 Å². The number of fused-ring (bicyclic) bond motifs is 1. The minimum atomic E-state index is -1.36. The van der Waals surface area contributed by atoms with E-state index in [2.05, 4.69) is 27.2 Å². The molecule has 1 saturated heterocycles. The molecule has 4 atom stereocenters. The van der Waals surface area contributed by atoms with Crippen molar-refractivity contribution in [3.8, 4) is 0 Å². The number of hydrogen-bond donors (Lipinski definition) is 4. The van der Waals surface area contributed by atoms with Gasteiger partial charge in [-0.2, -0.15) is 0 Å². The van der Waals surface area contributed by atoms with Crippen LogP contribution in [0.2, 0.25) is 0 Å². The molecule has 1 aliphatic rings. The monoisotopic (exact) mass is 392 g/mol. The van der Waals surface area contributed by atoms with E-state index in [9.17, 15) is 15.0 Å². The number of rotatable bonds is 9. The second kappa shape index (κ2) is 9.26. The van der Waals surface area contributed by atoms with Crippen molar-refractivity contribution in [1.82, 2.24) is 24.8 Å². The second-order valence-corrected chi connectivity index (χ2v) is 7.07. The van der Waals surface area contributed by atoms with E-state index in [-0.39, 0.29) is 5.82 Å². The van der Waals surface area contributed by atoms with E-state index < -0.39 is 30.4 Å². The second-order valence-electron chi connectivity index (χ2n) is 7.07. The van der Waals surface area contributed by atoms with Crippen LogP contribution >= 0.6 is 0 Å². The van der Waals surface area contributed by atoms with Crippen LogP contribution in [0.4, 0.5) is 5.82 Å². The van der Waals surface area contributed by atoms with E-state index >= 15 is 0 Å². The number of ether oxygens (including phenoxy) is 1. The molecule has 2 aromatic heterocycles. The Hall–Kier alpha value is -2.30. The van der Waals surface area contributed by atoms with Crippen LogP contribution in [0.25, 0.3) is 11.2 Å². The van der Waals surface area contributed by atoms with Gasteiger partial charge in [0, 0.05) is 6.54 Å². The van der Waals surface area contributed by atoms with Gasteiger partial charge >= 0.3 is 0 Å². The molecule has 0 aromatic carbocycles. The van der Waals surface area contributed by atoms with Crippen LogP contribution < -0.4 is 11.1 Å². The molecule has 1 amide bonds. The summed E-state index contributed by atoms with van der Waals surface area (Å²) >= 11 is 0. The molecule has 0 spiro atoms. The van der Waals surface area contributed by atoms with E-state index in [4.69, 9.17) is 10.5 Å². The highest BCUT2D eigenvalue weighted by Crippen LogP contribution is 2.32. The van der Waals surface area contributed by atoms with Crippen molar-refractivity contribution in [2.24, 2.45) is 0 Å². The number of carbonyl (C=O) groups is 1. The molecule has 3 heterocycles. The van der Waals surface area contributed by atoms with Crippen molar-refractivity contribution in [3.63, 3.8) is 0 Å². The first-order valence-corrected chi connectivity index (χ1v) is 9.77. The summed E-state index contributed by atoms with van der Waals surface area (Å²) in [6.07, 6.45) is 4.52. The summed E-state index contributed by atoms with van der Waals surface area (Å²) in [5.74, 6) is -0.244. The van der Waals surface area contributed by atoms with Crippen molar-refractivity contribution in [2.75, 3.05) is 12.3 Å². The third kappa shape index (κ3) is 4.23. The Morgan fingerprint density at radius 1 is 1.18 bits per heavy atom. The standard InChI is InChI=1S/C18H28N6O4/c1-2-3-4-5-6-7-8-20-17(27)14-12(25)13(26)18(28-14)24-10-23-11-15(19)21-9-22-16(11)24/h9-10,12-14,18,25-26H,2-8H2,1H3,(H,20,27)(H2,19,21,22)/t12-,13+,14+,18-/m1/s1. The van der Waals surface area contributed by atoms with Gasteiger partial charge in [0.15, 0.2) is 23.8 Å². The van der Waals surface area contributed by atoms with Crippen molar-refractivity contribution in [2.45, 2.75) is 70.0 Å². The maximum atomic E-state index is 12.4. The first kappa shape index (κ1) is 20.4. The third-order valence-electron chi connectivity index (χ3n) is 4.99. The Balaban J connectivity index is 1.57. The minimum Gasteiger partial charge on any atom is -0.387 e. The van der Waals surface area contributed by atoms with Crippen LogP contribution in [0, 0.1) is 0 Å². The van der Waals surface area contributed by atoms with Gasteiger partial charge in [0.25, 0.3) is 5.91 Å². The molecule has 0 radical (unpaired) electrons. The number of nitrogens with one attached hydrogen (secondary N) is 1. The summed E-state index contributed by atoms with van der Waals surface area (Å²) in [6.45, 7) is 2.68. The van der Waals surface area contributed by atoms with Gasteiger partial charge in [-0.25, -0.2) is 15.0 Å². The van der Waals surface area contributed by atoms with Crippen molar-refractivity contribution in [1.29, 1.82) is 0 Å². The highest BCUT2D eigenvalue weighted by molar-refractivity contribution is 5.82.